The first-order chi connectivity index (χ1) is 13.2. The number of rotatable bonds is 5. The zero-order valence-corrected chi connectivity index (χ0v) is 15.5. The second kappa shape index (κ2) is 6.48. The molecule has 2 aromatic heterocycles. The van der Waals surface area contributed by atoms with Crippen LogP contribution in [-0.2, 0) is 4.79 Å². The number of aliphatic hydroxyl groups excluding tert-OH is 1. The van der Waals surface area contributed by atoms with Gasteiger partial charge in [-0.15, -0.1) is 0 Å². The third kappa shape index (κ3) is 2.98. The number of nitrogens with one attached hydrogen (secondary N) is 2. The van der Waals surface area contributed by atoms with E-state index in [0.717, 1.165) is 62.0 Å². The van der Waals surface area contributed by atoms with E-state index in [4.69, 9.17) is 0 Å². The molecule has 3 heterocycles. The van der Waals surface area contributed by atoms with Gasteiger partial charge < -0.3 is 20.3 Å². The summed E-state index contributed by atoms with van der Waals surface area (Å²) in [4.78, 5) is 27.1. The van der Waals surface area contributed by atoms with Gasteiger partial charge >= 0.3 is 0 Å². The first-order valence-electron chi connectivity index (χ1n) is 10.2. The highest BCUT2D eigenvalue weighted by atomic mass is 16.3. The maximum Gasteiger partial charge on any atom is 0.223 e. The minimum Gasteiger partial charge on any atom is -0.391 e. The predicted octanol–water partition coefficient (Wildman–Crippen LogP) is 1.84. The molecule has 0 bridgehead atoms. The lowest BCUT2D eigenvalue weighted by molar-refractivity contribution is -0.128. The number of hydrogen-bond donors (Lipinski definition) is 3. The standard InChI is InChI=1S/C20H27N5O2/c26-16(13-2-1-3-13)10-22-19(27)15-5-9-25(11-20(15)6-7-20)18-14-4-8-21-17(14)23-12-24-18/h4,8,12-13,15-16,26H,1-3,5-7,9-11H2,(H,22,27)(H,21,23,24)/t15?,16-/m0/s1. The van der Waals surface area contributed by atoms with Crippen molar-refractivity contribution in [3.8, 4) is 0 Å². The number of aromatic amines is 1. The van der Waals surface area contributed by atoms with E-state index >= 15 is 0 Å². The number of nitrogens with zero attached hydrogens (tertiary/aromatic N) is 3. The van der Waals surface area contributed by atoms with E-state index < -0.39 is 0 Å². The van der Waals surface area contributed by atoms with Gasteiger partial charge in [0.1, 0.15) is 17.8 Å². The van der Waals surface area contributed by atoms with E-state index in [-0.39, 0.29) is 23.3 Å². The molecule has 0 aromatic carbocycles. The number of hydrogen-bond acceptors (Lipinski definition) is 5. The van der Waals surface area contributed by atoms with Crippen molar-refractivity contribution in [2.45, 2.75) is 44.6 Å². The zero-order valence-electron chi connectivity index (χ0n) is 15.5. The molecule has 3 aliphatic rings. The Labute approximate surface area is 158 Å². The van der Waals surface area contributed by atoms with Gasteiger partial charge in [-0.1, -0.05) is 6.42 Å². The summed E-state index contributed by atoms with van der Waals surface area (Å²) in [6.07, 6.45) is 9.51. The molecule has 7 heteroatoms. The largest absolute Gasteiger partial charge is 0.391 e. The molecule has 1 unspecified atom stereocenters. The summed E-state index contributed by atoms with van der Waals surface area (Å²) < 4.78 is 0. The van der Waals surface area contributed by atoms with Gasteiger partial charge in [-0.05, 0) is 49.5 Å². The Balaban J connectivity index is 1.26. The van der Waals surface area contributed by atoms with Crippen molar-refractivity contribution in [1.29, 1.82) is 0 Å². The van der Waals surface area contributed by atoms with Gasteiger partial charge in [0.05, 0.1) is 11.5 Å². The van der Waals surface area contributed by atoms with Crippen LogP contribution in [0.4, 0.5) is 5.82 Å². The van der Waals surface area contributed by atoms with Gasteiger partial charge in [-0.25, -0.2) is 9.97 Å². The summed E-state index contributed by atoms with van der Waals surface area (Å²) in [5.74, 6) is 1.52. The Kier molecular flexibility index (Phi) is 4.07. The Hall–Kier alpha value is -2.15. The number of H-pyrrole nitrogens is 1. The van der Waals surface area contributed by atoms with Crippen LogP contribution in [0, 0.1) is 17.3 Å². The fraction of sp³-hybridized carbons (Fsp3) is 0.650. The number of fused-ring (bicyclic) bond motifs is 1. The number of amides is 1. The number of carbonyl (C=O) groups is 1. The topological polar surface area (TPSA) is 94.1 Å². The molecule has 2 saturated carbocycles. The molecule has 2 aromatic rings. The second-order valence-electron chi connectivity index (χ2n) is 8.57. The smallest absolute Gasteiger partial charge is 0.223 e. The predicted molar refractivity (Wildman–Crippen MR) is 102 cm³/mol. The summed E-state index contributed by atoms with van der Waals surface area (Å²) >= 11 is 0. The van der Waals surface area contributed by atoms with Crippen LogP contribution in [0.1, 0.15) is 38.5 Å². The molecule has 0 radical (unpaired) electrons. The summed E-state index contributed by atoms with van der Waals surface area (Å²) in [5.41, 5.74) is 0.923. The van der Waals surface area contributed by atoms with Crippen molar-refractivity contribution >= 4 is 22.8 Å². The third-order valence-electron chi connectivity index (χ3n) is 6.95. The fourth-order valence-corrected chi connectivity index (χ4v) is 4.85. The van der Waals surface area contributed by atoms with Crippen LogP contribution < -0.4 is 10.2 Å². The molecule has 5 rings (SSSR count). The molecule has 1 aliphatic heterocycles. The van der Waals surface area contributed by atoms with E-state index in [1.54, 1.807) is 6.33 Å². The molecule has 27 heavy (non-hydrogen) atoms. The number of aliphatic hydroxyl groups is 1. The average Bonchev–Trinajstić information content (AvgIpc) is 3.20. The zero-order chi connectivity index (χ0) is 18.4. The van der Waals surface area contributed by atoms with Gasteiger partial charge in [-0.2, -0.15) is 0 Å². The molecule has 2 atom stereocenters. The van der Waals surface area contributed by atoms with Crippen molar-refractivity contribution in [3.63, 3.8) is 0 Å². The van der Waals surface area contributed by atoms with Crippen LogP contribution in [0.2, 0.25) is 0 Å². The monoisotopic (exact) mass is 369 g/mol. The molecule has 144 valence electrons. The van der Waals surface area contributed by atoms with Crippen molar-refractivity contribution in [2.24, 2.45) is 17.3 Å². The maximum atomic E-state index is 12.8. The highest BCUT2D eigenvalue weighted by Gasteiger charge is 2.55. The van der Waals surface area contributed by atoms with E-state index in [2.05, 4.69) is 25.2 Å². The average molecular weight is 369 g/mol. The van der Waals surface area contributed by atoms with Crippen LogP contribution in [0.5, 0.6) is 0 Å². The molecule has 2 aliphatic carbocycles. The lowest BCUT2D eigenvalue weighted by atomic mass is 9.80. The first kappa shape index (κ1) is 17.0. The van der Waals surface area contributed by atoms with Crippen LogP contribution in [0.25, 0.3) is 11.0 Å². The van der Waals surface area contributed by atoms with Crippen molar-refractivity contribution in [3.05, 3.63) is 18.6 Å². The molecular weight excluding hydrogens is 342 g/mol. The molecule has 1 saturated heterocycles. The van der Waals surface area contributed by atoms with Gasteiger partial charge in [0.15, 0.2) is 0 Å². The van der Waals surface area contributed by atoms with Gasteiger partial charge in [-0.3, -0.25) is 4.79 Å². The van der Waals surface area contributed by atoms with Crippen molar-refractivity contribution < 1.29 is 9.90 Å². The number of piperidine rings is 1. The van der Waals surface area contributed by atoms with Crippen molar-refractivity contribution in [2.75, 3.05) is 24.5 Å². The highest BCUT2D eigenvalue weighted by molar-refractivity contribution is 5.87. The Morgan fingerprint density at radius 1 is 1.37 bits per heavy atom. The quantitative estimate of drug-likeness (QED) is 0.748. The fourth-order valence-electron chi connectivity index (χ4n) is 4.85. The summed E-state index contributed by atoms with van der Waals surface area (Å²) in [6, 6.07) is 2.02. The van der Waals surface area contributed by atoms with E-state index in [1.165, 1.54) is 6.42 Å². The molecule has 7 nitrogen and oxygen atoms in total. The maximum absolute atomic E-state index is 12.8. The molecule has 1 spiro atoms. The SMILES string of the molecule is O=C(NC[C@H](O)C1CCC1)C1CCN(c2ncnc3[nH]ccc23)CC12CC2. The van der Waals surface area contributed by atoms with Crippen LogP contribution in [0.3, 0.4) is 0 Å². The molecule has 3 fully saturated rings. The Morgan fingerprint density at radius 3 is 2.96 bits per heavy atom. The number of anilines is 1. The molecular formula is C20H27N5O2. The Bertz CT molecular complexity index is 842. The summed E-state index contributed by atoms with van der Waals surface area (Å²) in [5, 5.41) is 14.3. The van der Waals surface area contributed by atoms with Crippen LogP contribution >= 0.6 is 0 Å². The van der Waals surface area contributed by atoms with Gasteiger partial charge in [0, 0.05) is 31.7 Å². The van der Waals surface area contributed by atoms with Crippen LogP contribution in [-0.4, -0.2) is 51.7 Å². The van der Waals surface area contributed by atoms with E-state index in [9.17, 15) is 9.90 Å². The highest BCUT2D eigenvalue weighted by Crippen LogP contribution is 2.56. The number of carbonyl (C=O) groups excluding carboxylic acids is 1. The lowest BCUT2D eigenvalue weighted by Crippen LogP contribution is -2.49. The third-order valence-corrected chi connectivity index (χ3v) is 6.95. The molecule has 3 N–H and O–H groups in total. The van der Waals surface area contributed by atoms with Gasteiger partial charge in [0.2, 0.25) is 5.91 Å². The van der Waals surface area contributed by atoms with Crippen molar-refractivity contribution in [1.82, 2.24) is 20.3 Å². The number of aromatic nitrogens is 3. The van der Waals surface area contributed by atoms with E-state index in [0.29, 0.717) is 12.5 Å². The van der Waals surface area contributed by atoms with Gasteiger partial charge in [0.25, 0.3) is 0 Å². The first-order valence-corrected chi connectivity index (χ1v) is 10.2. The minimum atomic E-state index is -0.388. The normalized spacial score (nSPS) is 25.4. The van der Waals surface area contributed by atoms with Crippen LogP contribution in [0.15, 0.2) is 18.6 Å². The van der Waals surface area contributed by atoms with E-state index in [1.807, 2.05) is 12.3 Å². The summed E-state index contributed by atoms with van der Waals surface area (Å²) in [7, 11) is 0. The lowest BCUT2D eigenvalue weighted by Gasteiger charge is -2.39. The molecule has 1 amide bonds. The summed E-state index contributed by atoms with van der Waals surface area (Å²) in [6.45, 7) is 2.09. The Morgan fingerprint density at radius 2 is 2.22 bits per heavy atom. The minimum absolute atomic E-state index is 0.0471. The second-order valence-corrected chi connectivity index (χ2v) is 8.57.